The minimum Gasteiger partial charge on any atom is -0.497 e. The van der Waals surface area contributed by atoms with Gasteiger partial charge in [0.05, 0.1) is 7.11 Å². The lowest BCUT2D eigenvalue weighted by molar-refractivity contribution is 0.414. The summed E-state index contributed by atoms with van der Waals surface area (Å²) < 4.78 is 16.8. The molecule has 2 atom stereocenters. The van der Waals surface area contributed by atoms with Gasteiger partial charge in [-0.25, -0.2) is 0 Å². The van der Waals surface area contributed by atoms with Crippen molar-refractivity contribution in [1.29, 1.82) is 0 Å². The monoisotopic (exact) mass is 303 g/mol. The molecule has 0 fully saturated rings. The molecular formula is C17H21NO2S. The minimum absolute atomic E-state index is 0.0863. The van der Waals surface area contributed by atoms with Crippen molar-refractivity contribution in [2.45, 2.75) is 12.6 Å². The molecule has 0 heterocycles. The first-order chi connectivity index (χ1) is 10.2. The summed E-state index contributed by atoms with van der Waals surface area (Å²) in [6.07, 6.45) is 1.74. The molecule has 0 radical (unpaired) electrons. The Bertz CT molecular complexity index is 586. The average molecular weight is 303 g/mol. The minimum atomic E-state index is -0.847. The fourth-order valence-electron chi connectivity index (χ4n) is 2.22. The van der Waals surface area contributed by atoms with Crippen LogP contribution in [0.15, 0.2) is 54.6 Å². The van der Waals surface area contributed by atoms with E-state index in [9.17, 15) is 4.21 Å². The second-order valence-electron chi connectivity index (χ2n) is 4.94. The third kappa shape index (κ3) is 4.99. The molecule has 0 spiro atoms. The van der Waals surface area contributed by atoms with E-state index in [-0.39, 0.29) is 6.04 Å². The topological polar surface area (TPSA) is 38.3 Å². The largest absolute Gasteiger partial charge is 0.497 e. The van der Waals surface area contributed by atoms with Crippen molar-refractivity contribution in [1.82, 2.24) is 5.32 Å². The van der Waals surface area contributed by atoms with Crippen LogP contribution < -0.4 is 10.1 Å². The lowest BCUT2D eigenvalue weighted by Gasteiger charge is -2.18. The Labute approximate surface area is 128 Å². The molecule has 1 N–H and O–H groups in total. The van der Waals surface area contributed by atoms with Gasteiger partial charge in [0.2, 0.25) is 0 Å². The highest BCUT2D eigenvalue weighted by Crippen LogP contribution is 2.16. The molecule has 4 heteroatoms. The number of ether oxygens (including phenoxy) is 1. The van der Waals surface area contributed by atoms with Crippen LogP contribution in [-0.2, 0) is 17.3 Å². The lowest BCUT2D eigenvalue weighted by Crippen LogP contribution is -2.25. The van der Waals surface area contributed by atoms with E-state index >= 15 is 0 Å². The number of rotatable bonds is 7. The summed E-state index contributed by atoms with van der Waals surface area (Å²) in [4.78, 5) is 0. The summed E-state index contributed by atoms with van der Waals surface area (Å²) in [5.41, 5.74) is 2.31. The molecule has 0 aromatic heterocycles. The zero-order chi connectivity index (χ0) is 15.1. The first kappa shape index (κ1) is 15.7. The van der Waals surface area contributed by atoms with Crippen molar-refractivity contribution in [3.63, 3.8) is 0 Å². The SMILES string of the molecule is COc1cccc(CN[C@@H](C[S@](C)=O)c2ccccc2)c1. The highest BCUT2D eigenvalue weighted by atomic mass is 32.2. The van der Waals surface area contributed by atoms with Crippen LogP contribution in [0.4, 0.5) is 0 Å². The van der Waals surface area contributed by atoms with Crippen LogP contribution in [0.5, 0.6) is 5.75 Å². The van der Waals surface area contributed by atoms with Gasteiger partial charge in [-0.05, 0) is 23.3 Å². The van der Waals surface area contributed by atoms with E-state index in [0.29, 0.717) is 12.3 Å². The van der Waals surface area contributed by atoms with E-state index < -0.39 is 10.8 Å². The zero-order valence-corrected chi connectivity index (χ0v) is 13.2. The molecule has 0 bridgehead atoms. The van der Waals surface area contributed by atoms with Gasteiger partial charge in [-0.1, -0.05) is 42.5 Å². The summed E-state index contributed by atoms with van der Waals surface area (Å²) in [6, 6.07) is 18.2. The summed E-state index contributed by atoms with van der Waals surface area (Å²) in [6.45, 7) is 0.716. The predicted molar refractivity (Wildman–Crippen MR) is 88.0 cm³/mol. The van der Waals surface area contributed by atoms with Crippen LogP contribution in [0.3, 0.4) is 0 Å². The zero-order valence-electron chi connectivity index (χ0n) is 12.4. The summed E-state index contributed by atoms with van der Waals surface area (Å²) in [5, 5.41) is 3.49. The molecule has 21 heavy (non-hydrogen) atoms. The second-order valence-corrected chi connectivity index (χ2v) is 6.42. The van der Waals surface area contributed by atoms with Crippen LogP contribution in [0, 0.1) is 0 Å². The highest BCUT2D eigenvalue weighted by Gasteiger charge is 2.12. The highest BCUT2D eigenvalue weighted by molar-refractivity contribution is 7.84. The van der Waals surface area contributed by atoms with E-state index in [1.165, 1.54) is 0 Å². The van der Waals surface area contributed by atoms with E-state index in [1.54, 1.807) is 13.4 Å². The molecule has 0 unspecified atom stereocenters. The van der Waals surface area contributed by atoms with Gasteiger partial charge in [0.1, 0.15) is 5.75 Å². The summed E-state index contributed by atoms with van der Waals surface area (Å²) >= 11 is 0. The second kappa shape index (κ2) is 7.96. The van der Waals surface area contributed by atoms with E-state index in [2.05, 4.69) is 23.5 Å². The van der Waals surface area contributed by atoms with Crippen molar-refractivity contribution < 1.29 is 8.95 Å². The molecule has 0 saturated heterocycles. The quantitative estimate of drug-likeness (QED) is 0.855. The van der Waals surface area contributed by atoms with E-state index in [1.807, 2.05) is 36.4 Å². The van der Waals surface area contributed by atoms with Crippen LogP contribution in [-0.4, -0.2) is 23.3 Å². The van der Waals surface area contributed by atoms with Crippen molar-refractivity contribution >= 4 is 10.8 Å². The standard InChI is InChI=1S/C17H21NO2S/c1-20-16-10-6-7-14(11-16)12-18-17(13-21(2)19)15-8-4-3-5-9-15/h3-11,17-18H,12-13H2,1-2H3/t17-,21-/m0/s1. The predicted octanol–water partition coefficient (Wildman–Crippen LogP) is 2.90. The Balaban J connectivity index is 2.06. The number of benzene rings is 2. The lowest BCUT2D eigenvalue weighted by atomic mass is 10.1. The molecule has 2 aromatic rings. The van der Waals surface area contributed by atoms with Gasteiger partial charge < -0.3 is 10.1 Å². The van der Waals surface area contributed by atoms with Gasteiger partial charge >= 0.3 is 0 Å². The Morgan fingerprint density at radius 2 is 1.90 bits per heavy atom. The third-order valence-electron chi connectivity index (χ3n) is 3.29. The first-order valence-corrected chi connectivity index (χ1v) is 8.63. The number of methoxy groups -OCH3 is 1. The maximum absolute atomic E-state index is 11.6. The van der Waals surface area contributed by atoms with Crippen LogP contribution in [0.25, 0.3) is 0 Å². The molecule has 0 amide bonds. The van der Waals surface area contributed by atoms with Crippen LogP contribution in [0.2, 0.25) is 0 Å². The van der Waals surface area contributed by atoms with Crippen molar-refractivity contribution in [3.8, 4) is 5.75 Å². The molecule has 0 aliphatic heterocycles. The maximum Gasteiger partial charge on any atom is 0.119 e. The average Bonchev–Trinajstić information content (AvgIpc) is 2.52. The molecule has 3 nitrogen and oxygen atoms in total. The number of hydrogen-bond acceptors (Lipinski definition) is 3. The fourth-order valence-corrected chi connectivity index (χ4v) is 3.00. The normalized spacial score (nSPS) is 13.6. The van der Waals surface area contributed by atoms with Crippen molar-refractivity contribution in [2.75, 3.05) is 19.1 Å². The van der Waals surface area contributed by atoms with Gasteiger partial charge in [0, 0.05) is 35.4 Å². The van der Waals surface area contributed by atoms with Gasteiger partial charge in [0.15, 0.2) is 0 Å². The third-order valence-corrected chi connectivity index (χ3v) is 4.09. The molecule has 0 aliphatic carbocycles. The Kier molecular flexibility index (Phi) is 5.96. The molecule has 2 aromatic carbocycles. The van der Waals surface area contributed by atoms with Gasteiger partial charge in [-0.3, -0.25) is 4.21 Å². The number of hydrogen-bond donors (Lipinski definition) is 1. The van der Waals surface area contributed by atoms with Gasteiger partial charge in [-0.2, -0.15) is 0 Å². The van der Waals surface area contributed by atoms with Gasteiger partial charge in [-0.15, -0.1) is 0 Å². The smallest absolute Gasteiger partial charge is 0.119 e. The fraction of sp³-hybridized carbons (Fsp3) is 0.294. The van der Waals surface area contributed by atoms with Crippen LogP contribution >= 0.6 is 0 Å². The van der Waals surface area contributed by atoms with Crippen molar-refractivity contribution in [2.24, 2.45) is 0 Å². The Morgan fingerprint density at radius 1 is 1.14 bits per heavy atom. The summed E-state index contributed by atoms with van der Waals surface area (Å²) in [7, 11) is 0.819. The molecule has 2 rings (SSSR count). The first-order valence-electron chi connectivity index (χ1n) is 6.90. The Hall–Kier alpha value is -1.65. The van der Waals surface area contributed by atoms with Crippen molar-refractivity contribution in [3.05, 3.63) is 65.7 Å². The molecular weight excluding hydrogens is 282 g/mol. The van der Waals surface area contributed by atoms with Crippen LogP contribution in [0.1, 0.15) is 17.2 Å². The molecule has 0 saturated carbocycles. The van der Waals surface area contributed by atoms with Gasteiger partial charge in [0.25, 0.3) is 0 Å². The summed E-state index contributed by atoms with van der Waals surface area (Å²) in [5.74, 6) is 1.46. The Morgan fingerprint density at radius 3 is 2.57 bits per heavy atom. The van der Waals surface area contributed by atoms with E-state index in [4.69, 9.17) is 4.74 Å². The number of nitrogens with one attached hydrogen (secondary N) is 1. The molecule has 112 valence electrons. The molecule has 0 aliphatic rings. The van der Waals surface area contributed by atoms with E-state index in [0.717, 1.165) is 16.9 Å². The maximum atomic E-state index is 11.6.